The number of imide groups is 1. The summed E-state index contributed by atoms with van der Waals surface area (Å²) < 4.78 is 0. The molecule has 3 heterocycles. The maximum atomic E-state index is 12.4. The number of amides is 4. The molecule has 4 amide bonds. The number of carbonyl (C=O) groups excluding carboxylic acids is 3. The summed E-state index contributed by atoms with van der Waals surface area (Å²) in [6.07, 6.45) is 0.233. The molecular weight excluding hydrogens is 324 g/mol. The zero-order valence-electron chi connectivity index (χ0n) is 14.5. The molecule has 2 saturated heterocycles. The number of piperazine rings is 1. The Morgan fingerprint density at radius 2 is 1.76 bits per heavy atom. The summed E-state index contributed by atoms with van der Waals surface area (Å²) in [5, 5.41) is 2.58. The average Bonchev–Trinajstić information content (AvgIpc) is 2.57. The summed E-state index contributed by atoms with van der Waals surface area (Å²) in [7, 11) is 0. The van der Waals surface area contributed by atoms with Crippen LogP contribution in [0.15, 0.2) is 6.07 Å². The van der Waals surface area contributed by atoms with Crippen LogP contribution < -0.4 is 10.2 Å². The Bertz CT molecular complexity index is 663. The van der Waals surface area contributed by atoms with Gasteiger partial charge >= 0.3 is 6.03 Å². The van der Waals surface area contributed by atoms with Gasteiger partial charge in [-0.1, -0.05) is 0 Å². The molecule has 0 unspecified atom stereocenters. The Kier molecular flexibility index (Phi) is 4.82. The molecule has 1 aromatic rings. The average molecular weight is 346 g/mol. The van der Waals surface area contributed by atoms with E-state index >= 15 is 0 Å². The Morgan fingerprint density at radius 3 is 2.36 bits per heavy atom. The van der Waals surface area contributed by atoms with Crippen molar-refractivity contribution in [1.82, 2.24) is 25.1 Å². The van der Waals surface area contributed by atoms with Gasteiger partial charge in [0.1, 0.15) is 6.54 Å². The van der Waals surface area contributed by atoms with E-state index in [4.69, 9.17) is 0 Å². The zero-order valence-corrected chi connectivity index (χ0v) is 14.5. The van der Waals surface area contributed by atoms with Gasteiger partial charge in [0.25, 0.3) is 0 Å². The standard InChI is InChI=1S/C16H22N6O3/c1-11-9-12(2)19-15(18-11)21-7-5-20(6-8-21)14(24)10-22-13(23)3-4-17-16(22)25/h9H,3-8,10H2,1-2H3,(H,17,25). The lowest BCUT2D eigenvalue weighted by Gasteiger charge is -2.36. The molecule has 134 valence electrons. The van der Waals surface area contributed by atoms with Gasteiger partial charge in [-0.05, 0) is 19.9 Å². The predicted octanol–water partition coefficient (Wildman–Crippen LogP) is -0.316. The van der Waals surface area contributed by atoms with E-state index in [-0.39, 0.29) is 24.8 Å². The van der Waals surface area contributed by atoms with Crippen LogP contribution in [0.5, 0.6) is 0 Å². The van der Waals surface area contributed by atoms with Crippen molar-refractivity contribution in [3.05, 3.63) is 17.5 Å². The molecule has 1 N–H and O–H groups in total. The molecule has 0 radical (unpaired) electrons. The number of aromatic nitrogens is 2. The minimum atomic E-state index is -0.494. The van der Waals surface area contributed by atoms with Crippen molar-refractivity contribution in [1.29, 1.82) is 0 Å². The first kappa shape index (κ1) is 17.1. The topological polar surface area (TPSA) is 98.7 Å². The number of nitrogens with zero attached hydrogens (tertiary/aromatic N) is 5. The number of carbonyl (C=O) groups is 3. The fourth-order valence-electron chi connectivity index (χ4n) is 3.02. The van der Waals surface area contributed by atoms with Gasteiger partial charge in [0, 0.05) is 50.5 Å². The van der Waals surface area contributed by atoms with Crippen LogP contribution in [0.3, 0.4) is 0 Å². The van der Waals surface area contributed by atoms with E-state index in [1.807, 2.05) is 24.8 Å². The van der Waals surface area contributed by atoms with Gasteiger partial charge in [-0.2, -0.15) is 0 Å². The van der Waals surface area contributed by atoms with Gasteiger partial charge in [0.15, 0.2) is 0 Å². The normalized spacial score (nSPS) is 18.4. The molecule has 2 aliphatic rings. The smallest absolute Gasteiger partial charge is 0.324 e. The summed E-state index contributed by atoms with van der Waals surface area (Å²) in [5.74, 6) is 0.154. The van der Waals surface area contributed by atoms with E-state index in [0.717, 1.165) is 16.3 Å². The maximum Gasteiger partial charge on any atom is 0.324 e. The van der Waals surface area contributed by atoms with E-state index in [9.17, 15) is 14.4 Å². The molecule has 0 bridgehead atoms. The molecule has 2 aliphatic heterocycles. The molecule has 1 aromatic heterocycles. The van der Waals surface area contributed by atoms with Gasteiger partial charge in [0.2, 0.25) is 17.8 Å². The fraction of sp³-hybridized carbons (Fsp3) is 0.562. The summed E-state index contributed by atoms with van der Waals surface area (Å²) in [6.45, 7) is 6.25. The van der Waals surface area contributed by atoms with E-state index in [1.165, 1.54) is 0 Å². The van der Waals surface area contributed by atoms with E-state index in [2.05, 4.69) is 15.3 Å². The minimum Gasteiger partial charge on any atom is -0.338 e. The van der Waals surface area contributed by atoms with Crippen LogP contribution >= 0.6 is 0 Å². The van der Waals surface area contributed by atoms with Gasteiger partial charge in [-0.3, -0.25) is 14.5 Å². The fourth-order valence-corrected chi connectivity index (χ4v) is 3.02. The lowest BCUT2D eigenvalue weighted by atomic mass is 10.2. The Balaban J connectivity index is 1.57. The summed E-state index contributed by atoms with van der Waals surface area (Å²) in [5.41, 5.74) is 1.83. The van der Waals surface area contributed by atoms with Crippen molar-refractivity contribution >= 4 is 23.8 Å². The largest absolute Gasteiger partial charge is 0.338 e. The molecule has 3 rings (SSSR count). The SMILES string of the molecule is Cc1cc(C)nc(N2CCN(C(=O)CN3C(=O)CCNC3=O)CC2)n1. The molecule has 0 saturated carbocycles. The van der Waals surface area contributed by atoms with Crippen molar-refractivity contribution in [2.45, 2.75) is 20.3 Å². The number of urea groups is 1. The van der Waals surface area contributed by atoms with Crippen LogP contribution in [-0.2, 0) is 9.59 Å². The van der Waals surface area contributed by atoms with Gasteiger partial charge in [-0.15, -0.1) is 0 Å². The highest BCUT2D eigenvalue weighted by atomic mass is 16.2. The van der Waals surface area contributed by atoms with E-state index < -0.39 is 6.03 Å². The first-order chi connectivity index (χ1) is 11.9. The lowest BCUT2D eigenvalue weighted by molar-refractivity contribution is -0.139. The van der Waals surface area contributed by atoms with Crippen molar-refractivity contribution < 1.29 is 14.4 Å². The molecule has 25 heavy (non-hydrogen) atoms. The van der Waals surface area contributed by atoms with Crippen molar-refractivity contribution in [3.8, 4) is 0 Å². The number of hydrogen-bond acceptors (Lipinski definition) is 6. The van der Waals surface area contributed by atoms with Crippen molar-refractivity contribution in [2.24, 2.45) is 0 Å². The quantitative estimate of drug-likeness (QED) is 0.806. The highest BCUT2D eigenvalue weighted by Crippen LogP contribution is 2.13. The van der Waals surface area contributed by atoms with Crippen LogP contribution in [0.4, 0.5) is 10.7 Å². The van der Waals surface area contributed by atoms with E-state index in [0.29, 0.717) is 38.7 Å². The predicted molar refractivity (Wildman–Crippen MR) is 90.0 cm³/mol. The number of aryl methyl sites for hydroxylation is 2. The summed E-state index contributed by atoms with van der Waals surface area (Å²) in [4.78, 5) is 49.5. The van der Waals surface area contributed by atoms with Crippen LogP contribution in [0.25, 0.3) is 0 Å². The highest BCUT2D eigenvalue weighted by Gasteiger charge is 2.30. The third-order valence-corrected chi connectivity index (χ3v) is 4.34. The molecule has 0 spiro atoms. The minimum absolute atomic E-state index is 0.204. The number of rotatable bonds is 3. The second-order valence-electron chi connectivity index (χ2n) is 6.28. The lowest BCUT2D eigenvalue weighted by Crippen LogP contribution is -2.56. The molecule has 0 atom stereocenters. The highest BCUT2D eigenvalue weighted by molar-refractivity contribution is 6.00. The van der Waals surface area contributed by atoms with Crippen LogP contribution in [-0.4, -0.2) is 76.9 Å². The van der Waals surface area contributed by atoms with Gasteiger partial charge < -0.3 is 15.1 Å². The number of hydrogen-bond donors (Lipinski definition) is 1. The monoisotopic (exact) mass is 346 g/mol. The maximum absolute atomic E-state index is 12.4. The number of nitrogens with one attached hydrogen (secondary N) is 1. The Labute approximate surface area is 146 Å². The second-order valence-corrected chi connectivity index (χ2v) is 6.28. The van der Waals surface area contributed by atoms with Crippen molar-refractivity contribution in [3.63, 3.8) is 0 Å². The summed E-state index contributed by atoms with van der Waals surface area (Å²) in [6, 6.07) is 1.43. The third-order valence-electron chi connectivity index (χ3n) is 4.34. The molecule has 2 fully saturated rings. The zero-order chi connectivity index (χ0) is 18.0. The van der Waals surface area contributed by atoms with E-state index in [1.54, 1.807) is 4.90 Å². The van der Waals surface area contributed by atoms with Crippen LogP contribution in [0, 0.1) is 13.8 Å². The van der Waals surface area contributed by atoms with Gasteiger partial charge in [0.05, 0.1) is 0 Å². The van der Waals surface area contributed by atoms with Crippen LogP contribution in [0.2, 0.25) is 0 Å². The molecule has 9 nitrogen and oxygen atoms in total. The number of anilines is 1. The van der Waals surface area contributed by atoms with Crippen molar-refractivity contribution in [2.75, 3.05) is 44.2 Å². The molecular formula is C16H22N6O3. The van der Waals surface area contributed by atoms with Gasteiger partial charge in [-0.25, -0.2) is 14.8 Å². The Morgan fingerprint density at radius 1 is 1.12 bits per heavy atom. The first-order valence-corrected chi connectivity index (χ1v) is 8.37. The second kappa shape index (κ2) is 7.04. The molecule has 0 aromatic carbocycles. The Hall–Kier alpha value is -2.71. The first-order valence-electron chi connectivity index (χ1n) is 8.37. The molecule has 9 heteroatoms. The third kappa shape index (κ3) is 3.86. The summed E-state index contributed by atoms with van der Waals surface area (Å²) >= 11 is 0. The molecule has 0 aliphatic carbocycles. The van der Waals surface area contributed by atoms with Crippen LogP contribution in [0.1, 0.15) is 17.8 Å².